The van der Waals surface area contributed by atoms with Crippen molar-refractivity contribution in [3.8, 4) is 0 Å². The molecule has 0 aliphatic heterocycles. The minimum Gasteiger partial charge on any atom is -0.394 e. The smallest absolute Gasteiger partial charge is 0.255 e. The fraction of sp³-hybridized carbons (Fsp3) is 0.478. The number of aliphatic hydroxyl groups is 1. The third-order valence-corrected chi connectivity index (χ3v) is 4.97. The highest BCUT2D eigenvalue weighted by Gasteiger charge is 2.24. The standard InChI is InChI=1S/C17H17FN2O2.C4H10N2O3.C2H6/c1-10-6-7-15(14(18)8-10)19-16-13(9-21)11-4-3-5-12(11)17(22)20(16)2;1-5-9-3-4(2-7)6-8;1-2/h6-9,19H,3-5H2,1-2H3;4-5,7H,2-3H2,1H3;1-2H3. The number of hydrogen-bond acceptors (Lipinski definition) is 8. The number of fused-ring (bicyclic) bond motifs is 1. The molecule has 3 rings (SSSR count). The molecule has 1 unspecified atom stereocenters. The van der Waals surface area contributed by atoms with Gasteiger partial charge in [0.15, 0.2) is 6.29 Å². The number of carbonyl (C=O) groups is 1. The minimum atomic E-state index is -0.655. The topological polar surface area (TPSA) is 122 Å². The number of halogens is 1. The number of carbonyl (C=O) groups excluding carboxylic acids is 1. The predicted molar refractivity (Wildman–Crippen MR) is 127 cm³/mol. The van der Waals surface area contributed by atoms with Gasteiger partial charge >= 0.3 is 0 Å². The minimum absolute atomic E-state index is 0.108. The fourth-order valence-corrected chi connectivity index (χ4v) is 3.33. The lowest BCUT2D eigenvalue weighted by molar-refractivity contribution is 0.0377. The summed E-state index contributed by atoms with van der Waals surface area (Å²) < 4.78 is 15.4. The van der Waals surface area contributed by atoms with Crippen molar-refractivity contribution in [2.45, 2.75) is 46.1 Å². The Morgan fingerprint density at radius 1 is 1.30 bits per heavy atom. The van der Waals surface area contributed by atoms with E-state index in [2.05, 4.69) is 20.8 Å². The molecule has 1 aliphatic carbocycles. The fourth-order valence-electron chi connectivity index (χ4n) is 3.33. The third kappa shape index (κ3) is 7.28. The van der Waals surface area contributed by atoms with Crippen molar-refractivity contribution < 1.29 is 19.1 Å². The van der Waals surface area contributed by atoms with Crippen LogP contribution in [-0.4, -0.2) is 42.3 Å². The number of nitrogens with one attached hydrogen (secondary N) is 2. The number of aryl methyl sites for hydroxylation is 1. The van der Waals surface area contributed by atoms with Gasteiger partial charge in [-0.15, -0.1) is 0 Å². The van der Waals surface area contributed by atoms with E-state index >= 15 is 0 Å². The van der Waals surface area contributed by atoms with Crippen LogP contribution in [0.3, 0.4) is 0 Å². The van der Waals surface area contributed by atoms with Crippen molar-refractivity contribution in [3.63, 3.8) is 0 Å². The molecule has 10 heteroatoms. The monoisotopic (exact) mass is 464 g/mol. The summed E-state index contributed by atoms with van der Waals surface area (Å²) in [6.45, 7) is 5.64. The van der Waals surface area contributed by atoms with Gasteiger partial charge in [0.25, 0.3) is 5.56 Å². The van der Waals surface area contributed by atoms with Crippen LogP contribution in [0.4, 0.5) is 15.9 Å². The molecule has 33 heavy (non-hydrogen) atoms. The molecule has 0 spiro atoms. The molecule has 1 aromatic carbocycles. The zero-order chi connectivity index (χ0) is 25.0. The van der Waals surface area contributed by atoms with Crippen LogP contribution in [0, 0.1) is 17.6 Å². The van der Waals surface area contributed by atoms with E-state index in [-0.39, 0.29) is 24.5 Å². The summed E-state index contributed by atoms with van der Waals surface area (Å²) in [4.78, 5) is 38.2. The second-order valence-corrected chi connectivity index (χ2v) is 7.12. The first-order valence-corrected chi connectivity index (χ1v) is 10.8. The highest BCUT2D eigenvalue weighted by atomic mass is 19.1. The van der Waals surface area contributed by atoms with E-state index in [9.17, 15) is 18.9 Å². The quantitative estimate of drug-likeness (QED) is 0.312. The summed E-state index contributed by atoms with van der Waals surface area (Å²) in [6.07, 6.45) is 3.03. The third-order valence-electron chi connectivity index (χ3n) is 4.97. The van der Waals surface area contributed by atoms with E-state index in [4.69, 9.17) is 5.11 Å². The lowest BCUT2D eigenvalue weighted by Crippen LogP contribution is -2.25. The summed E-state index contributed by atoms with van der Waals surface area (Å²) >= 11 is 0. The molecule has 0 bridgehead atoms. The number of aldehydes is 1. The SMILES string of the molecule is CC.CNOCC(CO)N=O.Cc1ccc(Nc2c(C=O)c3c(c(=O)n2C)CCC3)c(F)c1. The van der Waals surface area contributed by atoms with Crippen molar-refractivity contribution in [3.05, 3.63) is 61.5 Å². The predicted octanol–water partition coefficient (Wildman–Crippen LogP) is 3.17. The average molecular weight is 465 g/mol. The molecular weight excluding hydrogens is 431 g/mol. The van der Waals surface area contributed by atoms with Gasteiger partial charge in [-0.1, -0.05) is 25.1 Å². The maximum atomic E-state index is 14.0. The summed E-state index contributed by atoms with van der Waals surface area (Å²) in [5.74, 6) is -0.0619. The summed E-state index contributed by atoms with van der Waals surface area (Å²) in [6, 6.07) is 4.14. The van der Waals surface area contributed by atoms with E-state index in [1.807, 2.05) is 13.8 Å². The van der Waals surface area contributed by atoms with Gasteiger partial charge in [0, 0.05) is 19.7 Å². The Morgan fingerprint density at radius 3 is 2.52 bits per heavy atom. The van der Waals surface area contributed by atoms with Crippen LogP contribution in [0.25, 0.3) is 0 Å². The molecular formula is C23H33FN4O5. The van der Waals surface area contributed by atoms with Crippen molar-refractivity contribution in [1.29, 1.82) is 0 Å². The van der Waals surface area contributed by atoms with Crippen LogP contribution in [0.5, 0.6) is 0 Å². The summed E-state index contributed by atoms with van der Waals surface area (Å²) in [7, 11) is 3.17. The first-order chi connectivity index (χ1) is 15.9. The average Bonchev–Trinajstić information content (AvgIpc) is 3.31. The Kier molecular flexibility index (Phi) is 12.1. The van der Waals surface area contributed by atoms with Gasteiger partial charge in [-0.2, -0.15) is 4.91 Å². The number of nitroso groups, excluding NO2 is 1. The second-order valence-electron chi connectivity index (χ2n) is 7.12. The van der Waals surface area contributed by atoms with Crippen molar-refractivity contribution in [2.24, 2.45) is 12.2 Å². The van der Waals surface area contributed by atoms with E-state index in [1.165, 1.54) is 10.6 Å². The maximum Gasteiger partial charge on any atom is 0.255 e. The number of aromatic nitrogens is 1. The van der Waals surface area contributed by atoms with Gasteiger partial charge in [0.2, 0.25) is 0 Å². The zero-order valence-electron chi connectivity index (χ0n) is 19.8. The maximum absolute atomic E-state index is 14.0. The van der Waals surface area contributed by atoms with E-state index in [1.54, 1.807) is 33.2 Å². The van der Waals surface area contributed by atoms with Crippen LogP contribution in [0.2, 0.25) is 0 Å². The molecule has 1 heterocycles. The van der Waals surface area contributed by atoms with Gasteiger partial charge < -0.3 is 10.4 Å². The van der Waals surface area contributed by atoms with Crippen LogP contribution in [0.15, 0.2) is 28.2 Å². The van der Waals surface area contributed by atoms with E-state index < -0.39 is 11.9 Å². The molecule has 0 saturated heterocycles. The number of nitrogens with zero attached hydrogens (tertiary/aromatic N) is 2. The van der Waals surface area contributed by atoms with Crippen LogP contribution < -0.4 is 16.4 Å². The Hall–Kier alpha value is -2.95. The van der Waals surface area contributed by atoms with E-state index in [0.717, 1.165) is 23.8 Å². The zero-order valence-corrected chi connectivity index (χ0v) is 19.8. The van der Waals surface area contributed by atoms with Gasteiger partial charge in [0.05, 0.1) is 24.5 Å². The Balaban J connectivity index is 0.000000420. The largest absolute Gasteiger partial charge is 0.394 e. The van der Waals surface area contributed by atoms with Gasteiger partial charge in [-0.05, 0) is 49.4 Å². The molecule has 9 nitrogen and oxygen atoms in total. The number of rotatable bonds is 8. The van der Waals surface area contributed by atoms with Gasteiger partial charge in [-0.3, -0.25) is 19.0 Å². The van der Waals surface area contributed by atoms with Crippen LogP contribution in [-0.2, 0) is 24.7 Å². The number of hydrogen-bond donors (Lipinski definition) is 3. The molecule has 182 valence electrons. The number of pyridine rings is 1. The molecule has 0 amide bonds. The summed E-state index contributed by atoms with van der Waals surface area (Å²) in [5, 5.41) is 13.8. The van der Waals surface area contributed by atoms with Gasteiger partial charge in [-0.25, -0.2) is 9.87 Å². The van der Waals surface area contributed by atoms with Crippen molar-refractivity contribution in [1.82, 2.24) is 10.0 Å². The first-order valence-electron chi connectivity index (χ1n) is 10.8. The first kappa shape index (κ1) is 28.1. The number of benzene rings is 1. The molecule has 0 fully saturated rings. The number of anilines is 2. The van der Waals surface area contributed by atoms with Crippen LogP contribution in [0.1, 0.15) is 47.3 Å². The Morgan fingerprint density at radius 2 is 1.97 bits per heavy atom. The van der Waals surface area contributed by atoms with Crippen LogP contribution >= 0.6 is 0 Å². The lowest BCUT2D eigenvalue weighted by Gasteiger charge is -2.17. The number of hydroxylamine groups is 1. The second kappa shape index (κ2) is 14.2. The molecule has 1 aromatic heterocycles. The molecule has 2 aromatic rings. The van der Waals surface area contributed by atoms with Gasteiger partial charge in [0.1, 0.15) is 17.7 Å². The molecule has 0 radical (unpaired) electrons. The molecule has 1 atom stereocenters. The summed E-state index contributed by atoms with van der Waals surface area (Å²) in [5.41, 5.74) is 5.26. The molecule has 0 saturated carbocycles. The number of aliphatic hydroxyl groups excluding tert-OH is 1. The van der Waals surface area contributed by atoms with Crippen molar-refractivity contribution >= 4 is 17.8 Å². The Labute approximate surface area is 192 Å². The normalized spacial score (nSPS) is 12.5. The van der Waals surface area contributed by atoms with Crippen molar-refractivity contribution in [2.75, 3.05) is 25.6 Å². The Bertz CT molecular complexity index is 994. The highest BCUT2D eigenvalue weighted by Crippen LogP contribution is 2.29. The van der Waals surface area contributed by atoms with E-state index in [0.29, 0.717) is 29.8 Å². The lowest BCUT2D eigenvalue weighted by atomic mass is 10.1. The molecule has 3 N–H and O–H groups in total. The molecule has 1 aliphatic rings. The highest BCUT2D eigenvalue weighted by molar-refractivity contribution is 5.87.